The fraction of sp³-hybridized carbons (Fsp3) is 0. The molecule has 0 amide bonds. The van der Waals surface area contributed by atoms with E-state index in [-0.39, 0.29) is 5.82 Å². The number of aromatic nitrogens is 2. The summed E-state index contributed by atoms with van der Waals surface area (Å²) in [5.41, 5.74) is 5.58. The fourth-order valence-corrected chi connectivity index (χ4v) is 0.441. The van der Waals surface area contributed by atoms with Crippen molar-refractivity contribution in [1.82, 2.24) is 9.97 Å². The average molecular weight is 123 g/mol. The Hall–Kier alpha value is -1.45. The second-order valence-electron chi connectivity index (χ2n) is 1.48. The highest BCUT2D eigenvalue weighted by atomic mass is 16.1. The lowest BCUT2D eigenvalue weighted by molar-refractivity contribution is 0.112. The van der Waals surface area contributed by atoms with Crippen LogP contribution >= 0.6 is 0 Å². The number of anilines is 1. The van der Waals surface area contributed by atoms with Gasteiger partial charge in [0.25, 0.3) is 0 Å². The van der Waals surface area contributed by atoms with Crippen LogP contribution in [0.15, 0.2) is 12.5 Å². The minimum Gasteiger partial charge on any atom is -0.383 e. The number of nitrogens with zero attached hydrogens (tertiary/aromatic N) is 2. The Labute approximate surface area is 51.7 Å². The molecule has 0 atom stereocenters. The molecule has 0 saturated heterocycles. The lowest BCUT2D eigenvalue weighted by Crippen LogP contribution is -1.96. The lowest BCUT2D eigenvalue weighted by Gasteiger charge is -1.90. The van der Waals surface area contributed by atoms with Gasteiger partial charge >= 0.3 is 0 Å². The van der Waals surface area contributed by atoms with Crippen LogP contribution in [0, 0.1) is 0 Å². The minimum atomic E-state index is 0.222. The van der Waals surface area contributed by atoms with E-state index in [4.69, 9.17) is 5.73 Å². The molecule has 1 rings (SSSR count). The van der Waals surface area contributed by atoms with Crippen LogP contribution in [0.1, 0.15) is 10.4 Å². The number of carbonyl (C=O) groups is 1. The summed E-state index contributed by atoms with van der Waals surface area (Å²) >= 11 is 0. The molecule has 1 aromatic heterocycles. The molecular formula is C5H5N3O. The Kier molecular flexibility index (Phi) is 1.40. The molecule has 0 fully saturated rings. The number of aldehydes is 1. The molecule has 4 nitrogen and oxygen atoms in total. The zero-order valence-corrected chi connectivity index (χ0v) is 4.61. The quantitative estimate of drug-likeness (QED) is 0.528. The van der Waals surface area contributed by atoms with Crippen molar-refractivity contribution >= 4 is 12.1 Å². The zero-order chi connectivity index (χ0) is 6.69. The van der Waals surface area contributed by atoms with E-state index in [2.05, 4.69) is 9.97 Å². The maximum atomic E-state index is 10.1. The highest BCUT2D eigenvalue weighted by Crippen LogP contribution is 1.98. The second-order valence-corrected chi connectivity index (χ2v) is 1.48. The van der Waals surface area contributed by atoms with Crippen molar-refractivity contribution in [3.05, 3.63) is 18.1 Å². The van der Waals surface area contributed by atoms with Gasteiger partial charge in [-0.1, -0.05) is 0 Å². The van der Waals surface area contributed by atoms with Crippen molar-refractivity contribution in [3.8, 4) is 0 Å². The summed E-state index contributed by atoms with van der Waals surface area (Å²) in [4.78, 5) is 17.2. The van der Waals surface area contributed by atoms with E-state index >= 15 is 0 Å². The first kappa shape index (κ1) is 5.68. The normalized spacial score (nSPS) is 8.89. The lowest BCUT2D eigenvalue weighted by atomic mass is 10.3. The monoisotopic (exact) mass is 123 g/mol. The van der Waals surface area contributed by atoms with E-state index in [9.17, 15) is 4.79 Å². The van der Waals surface area contributed by atoms with Crippen molar-refractivity contribution in [2.24, 2.45) is 0 Å². The molecule has 2 N–H and O–H groups in total. The van der Waals surface area contributed by atoms with Crippen molar-refractivity contribution in [2.75, 3.05) is 5.73 Å². The first-order valence-electron chi connectivity index (χ1n) is 2.35. The first-order valence-corrected chi connectivity index (χ1v) is 2.35. The average Bonchev–Trinajstić information content (AvgIpc) is 1.89. The summed E-state index contributed by atoms with van der Waals surface area (Å²) in [5, 5.41) is 0. The second kappa shape index (κ2) is 2.21. The molecular weight excluding hydrogens is 118 g/mol. The fourth-order valence-electron chi connectivity index (χ4n) is 0.441. The number of nitrogen functional groups attached to an aromatic ring is 1. The van der Waals surface area contributed by atoms with Gasteiger partial charge < -0.3 is 5.73 Å². The van der Waals surface area contributed by atoms with Gasteiger partial charge in [-0.05, 0) is 0 Å². The number of nitrogens with two attached hydrogens (primary N) is 1. The van der Waals surface area contributed by atoms with Crippen LogP contribution in [-0.2, 0) is 0 Å². The van der Waals surface area contributed by atoms with Crippen LogP contribution in [-0.4, -0.2) is 16.3 Å². The summed E-state index contributed by atoms with van der Waals surface area (Å²) in [6.07, 6.45) is 3.28. The molecule has 0 aliphatic carbocycles. The number of carbonyl (C=O) groups excluding carboxylic acids is 1. The third-order valence-electron chi connectivity index (χ3n) is 0.900. The van der Waals surface area contributed by atoms with Gasteiger partial charge in [-0.25, -0.2) is 9.97 Å². The molecule has 9 heavy (non-hydrogen) atoms. The van der Waals surface area contributed by atoms with Gasteiger partial charge in [0.15, 0.2) is 6.29 Å². The molecule has 46 valence electrons. The summed E-state index contributed by atoms with van der Waals surface area (Å²) < 4.78 is 0. The summed E-state index contributed by atoms with van der Waals surface area (Å²) in [5.74, 6) is 0.222. The molecule has 1 aromatic rings. The zero-order valence-electron chi connectivity index (χ0n) is 4.61. The minimum absolute atomic E-state index is 0.222. The van der Waals surface area contributed by atoms with Gasteiger partial charge in [0.1, 0.15) is 12.1 Å². The summed E-state index contributed by atoms with van der Waals surface area (Å²) in [6, 6.07) is 0. The third kappa shape index (κ3) is 1.02. The van der Waals surface area contributed by atoms with E-state index in [1.165, 1.54) is 12.5 Å². The molecule has 0 aliphatic heterocycles. The van der Waals surface area contributed by atoms with Gasteiger partial charge in [0.05, 0.1) is 5.56 Å². The SMILES string of the molecule is Nc1ncncc1C=O. The number of hydrogen-bond acceptors (Lipinski definition) is 4. The van der Waals surface area contributed by atoms with E-state index in [1.54, 1.807) is 0 Å². The van der Waals surface area contributed by atoms with E-state index in [0.29, 0.717) is 11.8 Å². The van der Waals surface area contributed by atoms with Crippen LogP contribution in [0.25, 0.3) is 0 Å². The Morgan fingerprint density at radius 1 is 1.67 bits per heavy atom. The van der Waals surface area contributed by atoms with Gasteiger partial charge in [0, 0.05) is 6.20 Å². The van der Waals surface area contributed by atoms with Crippen LogP contribution in [0.3, 0.4) is 0 Å². The molecule has 4 heteroatoms. The summed E-state index contributed by atoms with van der Waals surface area (Å²) in [7, 11) is 0. The maximum absolute atomic E-state index is 10.1. The molecule has 0 saturated carbocycles. The van der Waals surface area contributed by atoms with Gasteiger partial charge in [0.2, 0.25) is 0 Å². The van der Waals surface area contributed by atoms with Crippen LogP contribution < -0.4 is 5.73 Å². The Morgan fingerprint density at radius 2 is 2.44 bits per heavy atom. The standard InChI is InChI=1S/C5H5N3O/c6-5-4(2-9)1-7-3-8-5/h1-3H,(H2,6,7,8). The Morgan fingerprint density at radius 3 is 2.89 bits per heavy atom. The van der Waals surface area contributed by atoms with Crippen molar-refractivity contribution in [2.45, 2.75) is 0 Å². The molecule has 0 spiro atoms. The van der Waals surface area contributed by atoms with Gasteiger partial charge in [-0.3, -0.25) is 4.79 Å². The van der Waals surface area contributed by atoms with Crippen LogP contribution in [0.2, 0.25) is 0 Å². The van der Waals surface area contributed by atoms with Crippen molar-refractivity contribution in [3.63, 3.8) is 0 Å². The van der Waals surface area contributed by atoms with E-state index in [1.807, 2.05) is 0 Å². The van der Waals surface area contributed by atoms with Crippen LogP contribution in [0.4, 0.5) is 5.82 Å². The molecule has 0 unspecified atom stereocenters. The molecule has 0 aromatic carbocycles. The number of hydrogen-bond donors (Lipinski definition) is 1. The highest BCUT2D eigenvalue weighted by Gasteiger charge is 1.93. The Balaban J connectivity index is 3.15. The molecule has 0 aliphatic rings. The van der Waals surface area contributed by atoms with Gasteiger partial charge in [-0.2, -0.15) is 0 Å². The van der Waals surface area contributed by atoms with Gasteiger partial charge in [-0.15, -0.1) is 0 Å². The predicted octanol–water partition coefficient (Wildman–Crippen LogP) is -0.129. The van der Waals surface area contributed by atoms with Crippen LogP contribution in [0.5, 0.6) is 0 Å². The predicted molar refractivity (Wildman–Crippen MR) is 31.8 cm³/mol. The number of rotatable bonds is 1. The maximum Gasteiger partial charge on any atom is 0.155 e. The molecule has 1 heterocycles. The smallest absolute Gasteiger partial charge is 0.155 e. The largest absolute Gasteiger partial charge is 0.383 e. The topological polar surface area (TPSA) is 68.9 Å². The molecule has 0 bridgehead atoms. The summed E-state index contributed by atoms with van der Waals surface area (Å²) in [6.45, 7) is 0. The third-order valence-corrected chi connectivity index (χ3v) is 0.900. The van der Waals surface area contributed by atoms with E-state index in [0.717, 1.165) is 0 Å². The van der Waals surface area contributed by atoms with E-state index < -0.39 is 0 Å². The molecule has 0 radical (unpaired) electrons. The highest BCUT2D eigenvalue weighted by molar-refractivity contribution is 5.80. The van der Waals surface area contributed by atoms with Crippen molar-refractivity contribution in [1.29, 1.82) is 0 Å². The Bertz CT molecular complexity index is 223. The van der Waals surface area contributed by atoms with Crippen molar-refractivity contribution < 1.29 is 4.79 Å². The first-order chi connectivity index (χ1) is 4.34.